The van der Waals surface area contributed by atoms with Crippen molar-refractivity contribution in [3.8, 4) is 28.3 Å². The summed E-state index contributed by atoms with van der Waals surface area (Å²) in [6, 6.07) is 49.1. The molecule has 1 aliphatic rings. The minimum atomic E-state index is -3.11. The van der Waals surface area contributed by atoms with Gasteiger partial charge in [-0.1, -0.05) is 127 Å². The Morgan fingerprint density at radius 2 is 1.21 bits per heavy atom. The molecule has 6 aromatic carbocycles. The molecule has 5 heteroatoms. The van der Waals surface area contributed by atoms with Crippen molar-refractivity contribution in [3.05, 3.63) is 146 Å². The molecule has 0 saturated heterocycles. The second kappa shape index (κ2) is 9.09. The summed E-state index contributed by atoms with van der Waals surface area (Å²) >= 11 is 0. The minimum Gasteiger partial charge on any atom is -0.309 e. The number of nitrogens with zero attached hydrogens (tertiary/aromatic N) is 3. The quantitative estimate of drug-likeness (QED) is 0.203. The van der Waals surface area contributed by atoms with Crippen molar-refractivity contribution in [2.45, 2.75) is 0 Å². The zero-order chi connectivity index (χ0) is 28.5. The zero-order valence-electron chi connectivity index (χ0n) is 23.1. The molecule has 1 atom stereocenters. The first-order valence-corrected chi connectivity index (χ1v) is 16.1. The molecule has 0 saturated carbocycles. The van der Waals surface area contributed by atoms with E-state index in [-0.39, 0.29) is 0 Å². The van der Waals surface area contributed by atoms with Crippen LogP contribution in [0.5, 0.6) is 0 Å². The molecule has 1 unspecified atom stereocenters. The van der Waals surface area contributed by atoms with Crippen LogP contribution in [0.15, 0.2) is 146 Å². The fourth-order valence-electron chi connectivity index (χ4n) is 6.77. The van der Waals surface area contributed by atoms with Crippen molar-refractivity contribution in [2.24, 2.45) is 0 Å². The molecule has 1 aliphatic heterocycles. The van der Waals surface area contributed by atoms with E-state index in [0.29, 0.717) is 5.95 Å². The lowest BCUT2D eigenvalue weighted by Gasteiger charge is -2.16. The SMILES string of the molecule is O=P1(c2ccccc2)c2ccccc2-c2c1ccc1c3ccccc3n(-c3nc(-c4ccccc4)c4ccccc4n3)c21. The van der Waals surface area contributed by atoms with Gasteiger partial charge >= 0.3 is 0 Å². The van der Waals surface area contributed by atoms with Gasteiger partial charge in [0.1, 0.15) is 0 Å². The highest BCUT2D eigenvalue weighted by atomic mass is 31.2. The van der Waals surface area contributed by atoms with Crippen molar-refractivity contribution in [1.82, 2.24) is 14.5 Å². The standard InChI is InChI=1S/C38H24N3OP/c42-43(26-15-5-2-6-16-26)33-22-12-9-19-30(33)35-34(43)24-23-28-27-17-8-11-21-32(27)41(37(28)35)38-39-31-20-10-7-18-29(31)36(40-38)25-13-3-1-4-14-25/h1-24H. The number of para-hydroxylation sites is 2. The van der Waals surface area contributed by atoms with Crippen molar-refractivity contribution < 1.29 is 4.57 Å². The van der Waals surface area contributed by atoms with Crippen LogP contribution < -0.4 is 15.9 Å². The first-order chi connectivity index (χ1) is 21.2. The van der Waals surface area contributed by atoms with Crippen LogP contribution in [0.4, 0.5) is 0 Å². The predicted octanol–water partition coefficient (Wildman–Crippen LogP) is 8.01. The Labute approximate surface area is 248 Å². The summed E-state index contributed by atoms with van der Waals surface area (Å²) in [5.74, 6) is 0.594. The van der Waals surface area contributed by atoms with E-state index in [2.05, 4.69) is 65.2 Å². The van der Waals surface area contributed by atoms with Crippen LogP contribution in [0.25, 0.3) is 61.0 Å². The third kappa shape index (κ3) is 3.36. The first kappa shape index (κ1) is 24.3. The number of rotatable bonds is 3. The number of hydrogen-bond acceptors (Lipinski definition) is 3. The van der Waals surface area contributed by atoms with E-state index in [1.165, 1.54) is 0 Å². The molecule has 8 aromatic rings. The van der Waals surface area contributed by atoms with Gasteiger partial charge in [-0.3, -0.25) is 4.57 Å². The predicted molar refractivity (Wildman–Crippen MR) is 178 cm³/mol. The molecule has 2 aromatic heterocycles. The highest BCUT2D eigenvalue weighted by Crippen LogP contribution is 2.54. The second-order valence-electron chi connectivity index (χ2n) is 10.9. The van der Waals surface area contributed by atoms with Crippen molar-refractivity contribution in [3.63, 3.8) is 0 Å². The monoisotopic (exact) mass is 569 g/mol. The average molecular weight is 570 g/mol. The van der Waals surface area contributed by atoms with Gasteiger partial charge in [-0.15, -0.1) is 0 Å². The molecule has 3 heterocycles. The Hall–Kier alpha value is -5.31. The molecule has 0 radical (unpaired) electrons. The van der Waals surface area contributed by atoms with E-state index in [9.17, 15) is 0 Å². The zero-order valence-corrected chi connectivity index (χ0v) is 23.9. The molecule has 0 fully saturated rings. The molecule has 0 N–H and O–H groups in total. The van der Waals surface area contributed by atoms with E-state index in [1.807, 2.05) is 84.9 Å². The van der Waals surface area contributed by atoms with Gasteiger partial charge < -0.3 is 4.57 Å². The van der Waals surface area contributed by atoms with E-state index >= 15 is 4.57 Å². The van der Waals surface area contributed by atoms with E-state index in [0.717, 1.165) is 71.0 Å². The number of aromatic nitrogens is 3. The van der Waals surface area contributed by atoms with Crippen LogP contribution in [-0.2, 0) is 4.57 Å². The Kier molecular flexibility index (Phi) is 5.14. The van der Waals surface area contributed by atoms with Crippen LogP contribution >= 0.6 is 7.14 Å². The molecular formula is C38H24N3OP. The van der Waals surface area contributed by atoms with E-state index < -0.39 is 7.14 Å². The summed E-state index contributed by atoms with van der Waals surface area (Å²) in [6.07, 6.45) is 0. The van der Waals surface area contributed by atoms with Crippen LogP contribution in [-0.4, -0.2) is 14.5 Å². The van der Waals surface area contributed by atoms with Gasteiger partial charge in [0.2, 0.25) is 5.95 Å². The summed E-state index contributed by atoms with van der Waals surface area (Å²) < 4.78 is 17.5. The third-order valence-corrected chi connectivity index (χ3v) is 11.8. The van der Waals surface area contributed by atoms with Crippen LogP contribution in [0.1, 0.15) is 0 Å². The lowest BCUT2D eigenvalue weighted by molar-refractivity contribution is 0.593. The molecule has 0 spiro atoms. The van der Waals surface area contributed by atoms with Gasteiger partial charge in [-0.25, -0.2) is 9.97 Å². The topological polar surface area (TPSA) is 47.8 Å². The Bertz CT molecular complexity index is 2430. The van der Waals surface area contributed by atoms with Gasteiger partial charge in [-0.05, 0) is 23.8 Å². The third-order valence-electron chi connectivity index (χ3n) is 8.63. The fourth-order valence-corrected chi connectivity index (χ4v) is 9.82. The maximum absolute atomic E-state index is 15.3. The molecule has 43 heavy (non-hydrogen) atoms. The van der Waals surface area contributed by atoms with E-state index in [1.54, 1.807) is 0 Å². The summed E-state index contributed by atoms with van der Waals surface area (Å²) in [5.41, 5.74) is 6.79. The molecule has 4 nitrogen and oxygen atoms in total. The maximum Gasteiger partial charge on any atom is 0.235 e. The summed E-state index contributed by atoms with van der Waals surface area (Å²) in [7, 11) is -3.11. The van der Waals surface area contributed by atoms with E-state index in [4.69, 9.17) is 9.97 Å². The maximum atomic E-state index is 15.3. The summed E-state index contributed by atoms with van der Waals surface area (Å²) in [5, 5.41) is 5.78. The summed E-state index contributed by atoms with van der Waals surface area (Å²) in [4.78, 5) is 10.4. The largest absolute Gasteiger partial charge is 0.309 e. The molecule has 9 rings (SSSR count). The minimum absolute atomic E-state index is 0.594. The number of hydrogen-bond donors (Lipinski definition) is 0. The summed E-state index contributed by atoms with van der Waals surface area (Å²) in [6.45, 7) is 0. The van der Waals surface area contributed by atoms with Crippen molar-refractivity contribution in [2.75, 3.05) is 0 Å². The van der Waals surface area contributed by atoms with Crippen LogP contribution in [0.3, 0.4) is 0 Å². The lowest BCUT2D eigenvalue weighted by atomic mass is 10.0. The molecule has 0 bridgehead atoms. The van der Waals surface area contributed by atoms with Gasteiger partial charge in [0.05, 0.1) is 22.2 Å². The van der Waals surface area contributed by atoms with Crippen LogP contribution in [0, 0.1) is 0 Å². The number of benzene rings is 6. The highest BCUT2D eigenvalue weighted by molar-refractivity contribution is 7.86. The smallest absolute Gasteiger partial charge is 0.235 e. The second-order valence-corrected chi connectivity index (χ2v) is 13.6. The average Bonchev–Trinajstić information content (AvgIpc) is 3.55. The number of fused-ring (bicyclic) bond motifs is 8. The fraction of sp³-hybridized carbons (Fsp3) is 0. The van der Waals surface area contributed by atoms with Gasteiger partial charge in [0.15, 0.2) is 7.14 Å². The van der Waals surface area contributed by atoms with Gasteiger partial charge in [-0.2, -0.15) is 0 Å². The van der Waals surface area contributed by atoms with Crippen molar-refractivity contribution in [1.29, 1.82) is 0 Å². The molecule has 0 amide bonds. The Morgan fingerprint density at radius 1 is 0.535 bits per heavy atom. The molecule has 0 aliphatic carbocycles. The normalized spacial score (nSPS) is 15.6. The van der Waals surface area contributed by atoms with Crippen LogP contribution in [0.2, 0.25) is 0 Å². The van der Waals surface area contributed by atoms with Gasteiger partial charge in [0.25, 0.3) is 0 Å². The van der Waals surface area contributed by atoms with Gasteiger partial charge in [0, 0.05) is 43.2 Å². The Balaban J connectivity index is 1.45. The Morgan fingerprint density at radius 3 is 2.05 bits per heavy atom. The van der Waals surface area contributed by atoms with Crippen molar-refractivity contribution >= 4 is 55.8 Å². The molecule has 202 valence electrons. The lowest BCUT2D eigenvalue weighted by Crippen LogP contribution is -2.20. The first-order valence-electron chi connectivity index (χ1n) is 14.4. The highest BCUT2D eigenvalue weighted by Gasteiger charge is 2.42. The molecular weight excluding hydrogens is 545 g/mol.